The van der Waals surface area contributed by atoms with E-state index < -0.39 is 5.97 Å². The van der Waals surface area contributed by atoms with Crippen molar-refractivity contribution >= 4 is 28.5 Å². The summed E-state index contributed by atoms with van der Waals surface area (Å²) in [5.41, 5.74) is 3.32. The molecule has 5 rings (SSSR count). The molecule has 0 radical (unpaired) electrons. The Morgan fingerprint density at radius 2 is 1.88 bits per heavy atom. The highest BCUT2D eigenvalue weighted by Gasteiger charge is 2.30. The largest absolute Gasteiger partial charge is 0.481 e. The van der Waals surface area contributed by atoms with Crippen molar-refractivity contribution in [2.45, 2.75) is 51.5 Å². The monoisotopic (exact) mass is 541 g/mol. The van der Waals surface area contributed by atoms with Crippen LogP contribution in [0.3, 0.4) is 0 Å². The van der Waals surface area contributed by atoms with Gasteiger partial charge in [-0.3, -0.25) is 9.59 Å². The first-order valence-electron chi connectivity index (χ1n) is 13.8. The molecule has 1 unspecified atom stereocenters. The summed E-state index contributed by atoms with van der Waals surface area (Å²) in [6.45, 7) is 2.26. The molecule has 2 aromatic carbocycles. The van der Waals surface area contributed by atoms with E-state index in [-0.39, 0.29) is 24.9 Å². The number of ether oxygens (including phenoxy) is 1. The summed E-state index contributed by atoms with van der Waals surface area (Å²) < 4.78 is 12.5. The second-order valence-corrected chi connectivity index (χ2v) is 10.5. The first-order valence-corrected chi connectivity index (χ1v) is 13.8. The molecule has 1 aliphatic carbocycles. The molecule has 0 saturated heterocycles. The van der Waals surface area contributed by atoms with Gasteiger partial charge in [0, 0.05) is 48.1 Å². The number of nitrogens with one attached hydrogen (secondary N) is 1. The summed E-state index contributed by atoms with van der Waals surface area (Å²) in [5, 5.41) is 13.6. The number of carbonyl (C=O) groups is 2. The van der Waals surface area contributed by atoms with Crippen LogP contribution in [0.2, 0.25) is 0 Å². The molecule has 2 aromatic heterocycles. The highest BCUT2D eigenvalue weighted by Crippen LogP contribution is 2.41. The first-order chi connectivity index (χ1) is 19.4. The molecule has 8 heteroatoms. The van der Waals surface area contributed by atoms with E-state index in [1.165, 1.54) is 24.2 Å². The maximum Gasteiger partial charge on any atom is 0.305 e. The summed E-state index contributed by atoms with van der Waals surface area (Å²) in [6, 6.07) is 18.8. The van der Waals surface area contributed by atoms with Gasteiger partial charge in [-0.15, -0.1) is 0 Å². The van der Waals surface area contributed by atoms with E-state index >= 15 is 0 Å². The SMILES string of the molecule is Cc1c(C(Nc2ccc(C(=O)N(C)CCC(=O)O)cc2)C2CCCCC2)oc2ccc(Oc3ccccn3)cc12. The fraction of sp³-hybridized carbons (Fsp3) is 0.344. The summed E-state index contributed by atoms with van der Waals surface area (Å²) in [7, 11) is 1.62. The second-order valence-electron chi connectivity index (χ2n) is 10.5. The summed E-state index contributed by atoms with van der Waals surface area (Å²) in [4.78, 5) is 29.3. The Morgan fingerprint density at radius 3 is 2.58 bits per heavy atom. The molecule has 40 heavy (non-hydrogen) atoms. The Labute approximate surface area is 234 Å². The Bertz CT molecular complexity index is 1460. The summed E-state index contributed by atoms with van der Waals surface area (Å²) in [6.07, 6.45) is 7.50. The first kappa shape index (κ1) is 27.2. The number of nitrogens with zero attached hydrogens (tertiary/aromatic N) is 2. The average molecular weight is 542 g/mol. The molecule has 0 spiro atoms. The van der Waals surface area contributed by atoms with Crippen LogP contribution in [0.25, 0.3) is 11.0 Å². The minimum atomic E-state index is -0.925. The Kier molecular flexibility index (Phi) is 8.34. The Morgan fingerprint density at radius 1 is 1.10 bits per heavy atom. The number of carboxylic acid groups (broad SMARTS) is 1. The molecule has 1 fully saturated rings. The van der Waals surface area contributed by atoms with Crippen molar-refractivity contribution in [3.63, 3.8) is 0 Å². The minimum absolute atomic E-state index is 0.0207. The van der Waals surface area contributed by atoms with Crippen LogP contribution in [-0.4, -0.2) is 40.5 Å². The van der Waals surface area contributed by atoms with Crippen molar-refractivity contribution in [3.8, 4) is 11.6 Å². The summed E-state index contributed by atoms with van der Waals surface area (Å²) in [5.74, 6) is 1.46. The maximum absolute atomic E-state index is 12.7. The number of aryl methyl sites for hydroxylation is 1. The second kappa shape index (κ2) is 12.2. The van der Waals surface area contributed by atoms with Crippen LogP contribution in [0.5, 0.6) is 11.6 Å². The van der Waals surface area contributed by atoms with Gasteiger partial charge in [-0.2, -0.15) is 0 Å². The summed E-state index contributed by atoms with van der Waals surface area (Å²) >= 11 is 0. The van der Waals surface area contributed by atoms with Crippen molar-refractivity contribution in [2.24, 2.45) is 5.92 Å². The zero-order chi connectivity index (χ0) is 28.1. The molecule has 1 amide bonds. The van der Waals surface area contributed by atoms with Crippen molar-refractivity contribution < 1.29 is 23.8 Å². The predicted molar refractivity (Wildman–Crippen MR) is 154 cm³/mol. The highest BCUT2D eigenvalue weighted by molar-refractivity contribution is 5.94. The lowest BCUT2D eigenvalue weighted by Crippen LogP contribution is -2.29. The number of pyridine rings is 1. The minimum Gasteiger partial charge on any atom is -0.481 e. The maximum atomic E-state index is 12.7. The molecule has 1 atom stereocenters. The fourth-order valence-corrected chi connectivity index (χ4v) is 5.45. The van der Waals surface area contributed by atoms with Crippen molar-refractivity contribution in [3.05, 3.63) is 83.7 Å². The van der Waals surface area contributed by atoms with Gasteiger partial charge in [-0.25, -0.2) is 4.98 Å². The van der Waals surface area contributed by atoms with Gasteiger partial charge in [0.15, 0.2) is 0 Å². The standard InChI is InChI=1S/C32H35N3O5/c1-21-26-20-25(39-28-10-6-7-18-33-28)15-16-27(26)40-31(21)30(22-8-4-3-5-9-22)34-24-13-11-23(12-14-24)32(38)35(2)19-17-29(36)37/h6-7,10-16,18,20,22,30,34H,3-5,8-9,17,19H2,1-2H3,(H,36,37). The molecule has 0 aliphatic heterocycles. The number of benzene rings is 2. The van der Waals surface area contributed by atoms with E-state index in [1.54, 1.807) is 25.4 Å². The van der Waals surface area contributed by atoms with E-state index in [4.69, 9.17) is 14.3 Å². The highest BCUT2D eigenvalue weighted by atomic mass is 16.5. The molecule has 1 aliphatic rings. The van der Waals surface area contributed by atoms with Crippen molar-refractivity contribution in [1.29, 1.82) is 0 Å². The average Bonchev–Trinajstić information content (AvgIpc) is 3.30. The lowest BCUT2D eigenvalue weighted by atomic mass is 9.82. The third-order valence-corrected chi connectivity index (χ3v) is 7.67. The zero-order valence-electron chi connectivity index (χ0n) is 22.9. The molecular formula is C32H35N3O5. The fourth-order valence-electron chi connectivity index (χ4n) is 5.45. The quantitative estimate of drug-likeness (QED) is 0.219. The van der Waals surface area contributed by atoms with Crippen LogP contribution in [-0.2, 0) is 4.79 Å². The number of carboxylic acids is 1. The molecule has 4 aromatic rings. The molecule has 1 saturated carbocycles. The lowest BCUT2D eigenvalue weighted by molar-refractivity contribution is -0.137. The van der Waals surface area contributed by atoms with Gasteiger partial charge in [-0.1, -0.05) is 25.3 Å². The number of furan rings is 1. The molecule has 208 valence electrons. The number of anilines is 1. The van der Waals surface area contributed by atoms with E-state index in [0.29, 0.717) is 23.1 Å². The van der Waals surface area contributed by atoms with Gasteiger partial charge < -0.3 is 24.5 Å². The van der Waals surface area contributed by atoms with E-state index in [2.05, 4.69) is 17.2 Å². The van der Waals surface area contributed by atoms with E-state index in [1.807, 2.05) is 48.5 Å². The number of rotatable bonds is 10. The van der Waals surface area contributed by atoms with Crippen molar-refractivity contribution in [1.82, 2.24) is 9.88 Å². The van der Waals surface area contributed by atoms with E-state index in [0.717, 1.165) is 40.8 Å². The zero-order valence-corrected chi connectivity index (χ0v) is 22.9. The van der Waals surface area contributed by atoms with E-state index in [9.17, 15) is 9.59 Å². The molecule has 2 heterocycles. The molecule has 0 bridgehead atoms. The van der Waals surface area contributed by atoms with Crippen LogP contribution in [0, 0.1) is 12.8 Å². The Hall–Kier alpha value is -4.33. The number of hydrogen-bond acceptors (Lipinski definition) is 6. The third kappa shape index (κ3) is 6.28. The van der Waals surface area contributed by atoms with Gasteiger partial charge in [0.05, 0.1) is 12.5 Å². The van der Waals surface area contributed by atoms with Gasteiger partial charge in [0.1, 0.15) is 17.1 Å². The molecule has 8 nitrogen and oxygen atoms in total. The van der Waals surface area contributed by atoms with Crippen LogP contribution in [0.15, 0.2) is 71.3 Å². The lowest BCUT2D eigenvalue weighted by Gasteiger charge is -2.31. The predicted octanol–water partition coefficient (Wildman–Crippen LogP) is 7.21. The van der Waals surface area contributed by atoms with Crippen LogP contribution in [0.1, 0.15) is 66.2 Å². The normalized spacial score (nSPS) is 14.6. The number of carbonyl (C=O) groups excluding carboxylic acids is 1. The van der Waals surface area contributed by atoms with Gasteiger partial charge in [-0.05, 0) is 74.2 Å². The van der Waals surface area contributed by atoms with Gasteiger partial charge >= 0.3 is 5.97 Å². The third-order valence-electron chi connectivity index (χ3n) is 7.67. The topological polar surface area (TPSA) is 105 Å². The number of aliphatic carboxylic acids is 1. The smallest absolute Gasteiger partial charge is 0.305 e. The number of hydrogen-bond donors (Lipinski definition) is 2. The number of amides is 1. The van der Waals surface area contributed by atoms with Crippen LogP contribution >= 0.6 is 0 Å². The van der Waals surface area contributed by atoms with Gasteiger partial charge in [0.25, 0.3) is 5.91 Å². The van der Waals surface area contributed by atoms with Crippen LogP contribution in [0.4, 0.5) is 5.69 Å². The molecule has 2 N–H and O–H groups in total. The number of fused-ring (bicyclic) bond motifs is 1. The van der Waals surface area contributed by atoms with Gasteiger partial charge in [0.2, 0.25) is 5.88 Å². The molecular weight excluding hydrogens is 506 g/mol. The Balaban J connectivity index is 1.39. The van der Waals surface area contributed by atoms with Crippen molar-refractivity contribution in [2.75, 3.05) is 18.9 Å². The number of aromatic nitrogens is 1. The van der Waals surface area contributed by atoms with Crippen LogP contribution < -0.4 is 10.1 Å².